The molecule has 2 aromatic rings. The molecule has 248 valence electrons. The first kappa shape index (κ1) is 34.0. The standard InChI is InChI=1S/C33H34IN3O10/c1-32(2)13-21-29(23(38)15-32)28(30-22(35(21)9-8-27(40)41)14-33(3,4)16-24(30)39)17-10-19(34)31(26(11-17)46-5)47-25-7-6-18(36(42)43)12-20(25)37(44)45/h6-7,10-12,28H,8-9,13-16H2,1-5H3,(H,40,41). The molecule has 1 N–H and O–H groups in total. The van der Waals surface area contributed by atoms with Crippen molar-refractivity contribution in [3.63, 3.8) is 0 Å². The molecule has 13 nitrogen and oxygen atoms in total. The van der Waals surface area contributed by atoms with E-state index in [2.05, 4.69) is 0 Å². The maximum atomic E-state index is 14.0. The highest BCUT2D eigenvalue weighted by molar-refractivity contribution is 14.1. The minimum Gasteiger partial charge on any atom is -0.493 e. The summed E-state index contributed by atoms with van der Waals surface area (Å²) in [6.07, 6.45) is 1.34. The van der Waals surface area contributed by atoms with E-state index in [9.17, 15) is 39.7 Å². The van der Waals surface area contributed by atoms with Crippen molar-refractivity contribution in [3.8, 4) is 17.2 Å². The van der Waals surface area contributed by atoms with Gasteiger partial charge in [0.05, 0.1) is 33.0 Å². The third-order valence-electron chi connectivity index (χ3n) is 8.72. The van der Waals surface area contributed by atoms with Crippen LogP contribution in [0.3, 0.4) is 0 Å². The van der Waals surface area contributed by atoms with Gasteiger partial charge >= 0.3 is 11.7 Å². The lowest BCUT2D eigenvalue weighted by Crippen LogP contribution is -2.45. The van der Waals surface area contributed by atoms with Crippen molar-refractivity contribution in [1.29, 1.82) is 0 Å². The third-order valence-corrected chi connectivity index (χ3v) is 9.52. The highest BCUT2D eigenvalue weighted by Gasteiger charge is 2.49. The van der Waals surface area contributed by atoms with Gasteiger partial charge in [-0.15, -0.1) is 0 Å². The lowest BCUT2D eigenvalue weighted by Gasteiger charge is -2.49. The van der Waals surface area contributed by atoms with Crippen LogP contribution < -0.4 is 9.47 Å². The minimum atomic E-state index is -0.984. The van der Waals surface area contributed by atoms with Gasteiger partial charge < -0.3 is 19.5 Å². The molecule has 0 saturated carbocycles. The summed E-state index contributed by atoms with van der Waals surface area (Å²) >= 11 is 1.99. The fourth-order valence-electron chi connectivity index (χ4n) is 6.82. The number of carboxylic acids is 1. The van der Waals surface area contributed by atoms with Gasteiger partial charge in [0.25, 0.3) is 5.69 Å². The maximum Gasteiger partial charge on any atom is 0.318 e. The number of halogens is 1. The van der Waals surface area contributed by atoms with E-state index in [4.69, 9.17) is 9.47 Å². The number of non-ortho nitro benzene ring substituents is 1. The number of nitro groups is 2. The van der Waals surface area contributed by atoms with Gasteiger partial charge in [-0.3, -0.25) is 34.6 Å². The molecular weight excluding hydrogens is 725 g/mol. The highest BCUT2D eigenvalue weighted by atomic mass is 127. The predicted octanol–water partition coefficient (Wildman–Crippen LogP) is 7.07. The molecule has 0 saturated heterocycles. The van der Waals surface area contributed by atoms with Crippen molar-refractivity contribution < 1.29 is 38.8 Å². The van der Waals surface area contributed by atoms with Crippen LogP contribution in [0.25, 0.3) is 0 Å². The van der Waals surface area contributed by atoms with Gasteiger partial charge in [0.1, 0.15) is 0 Å². The zero-order valence-corrected chi connectivity index (χ0v) is 28.7. The number of hydrogen-bond acceptors (Lipinski definition) is 10. The highest BCUT2D eigenvalue weighted by Crippen LogP contribution is 2.55. The molecule has 2 aliphatic carbocycles. The van der Waals surface area contributed by atoms with Gasteiger partial charge in [-0.25, -0.2) is 0 Å². The molecule has 3 aliphatic rings. The maximum absolute atomic E-state index is 14.0. The van der Waals surface area contributed by atoms with E-state index in [0.717, 1.165) is 29.6 Å². The van der Waals surface area contributed by atoms with Gasteiger partial charge in [0.2, 0.25) is 5.75 Å². The van der Waals surface area contributed by atoms with Crippen molar-refractivity contribution >= 4 is 51.5 Å². The van der Waals surface area contributed by atoms with Crippen LogP contribution in [0.15, 0.2) is 52.9 Å². The van der Waals surface area contributed by atoms with Gasteiger partial charge in [-0.2, -0.15) is 0 Å². The molecule has 2 aromatic carbocycles. The normalized spacial score (nSPS) is 18.9. The van der Waals surface area contributed by atoms with Crippen molar-refractivity contribution in [1.82, 2.24) is 4.90 Å². The Morgan fingerprint density at radius 1 is 0.936 bits per heavy atom. The fourth-order valence-corrected chi connectivity index (χ4v) is 7.56. The summed E-state index contributed by atoms with van der Waals surface area (Å²) in [6, 6.07) is 6.44. The minimum absolute atomic E-state index is 0.114. The summed E-state index contributed by atoms with van der Waals surface area (Å²) in [5, 5.41) is 32.6. The SMILES string of the molecule is COc1cc(C2C3=C(CC(C)(C)CC3=O)N(CCC(=O)O)C3=C2C(=O)CC(C)(C)C3)cc(I)c1Oc1ccc([N+](=O)[O-])cc1[N+](=O)[O-]. The summed E-state index contributed by atoms with van der Waals surface area (Å²) in [5.74, 6) is -1.93. The molecule has 1 heterocycles. The van der Waals surface area contributed by atoms with Crippen molar-refractivity contribution in [2.24, 2.45) is 10.8 Å². The molecule has 0 aromatic heterocycles. The van der Waals surface area contributed by atoms with Gasteiger partial charge in [-0.1, -0.05) is 27.7 Å². The number of nitrogens with zero attached hydrogens (tertiary/aromatic N) is 3. The lowest BCUT2D eigenvalue weighted by atomic mass is 9.63. The lowest BCUT2D eigenvalue weighted by molar-refractivity contribution is -0.394. The Kier molecular flexibility index (Phi) is 8.94. The van der Waals surface area contributed by atoms with Gasteiger partial charge in [-0.05, 0) is 70.0 Å². The zero-order valence-electron chi connectivity index (χ0n) is 26.5. The van der Waals surface area contributed by atoms with Crippen LogP contribution in [0.5, 0.6) is 17.2 Å². The molecule has 0 radical (unpaired) electrons. The van der Waals surface area contributed by atoms with Crippen LogP contribution in [-0.2, 0) is 14.4 Å². The Balaban J connectivity index is 1.70. The van der Waals surface area contributed by atoms with E-state index in [1.54, 1.807) is 12.1 Å². The average Bonchev–Trinajstić information content (AvgIpc) is 2.95. The molecule has 5 rings (SSSR count). The van der Waals surface area contributed by atoms with Crippen molar-refractivity contribution in [2.45, 2.75) is 65.7 Å². The van der Waals surface area contributed by atoms with E-state index >= 15 is 0 Å². The Morgan fingerprint density at radius 2 is 1.51 bits per heavy atom. The molecule has 0 atom stereocenters. The topological polar surface area (TPSA) is 179 Å². The fraction of sp³-hybridized carbons (Fsp3) is 0.424. The number of hydrogen-bond donors (Lipinski definition) is 1. The van der Waals surface area contributed by atoms with Crippen LogP contribution in [0.4, 0.5) is 11.4 Å². The Labute approximate surface area is 284 Å². The molecule has 0 unspecified atom stereocenters. The largest absolute Gasteiger partial charge is 0.493 e. The number of benzene rings is 2. The second kappa shape index (κ2) is 12.4. The first-order valence-corrected chi connectivity index (χ1v) is 16.0. The molecule has 1 aliphatic heterocycles. The van der Waals surface area contributed by atoms with Crippen molar-refractivity contribution in [2.75, 3.05) is 13.7 Å². The predicted molar refractivity (Wildman–Crippen MR) is 177 cm³/mol. The van der Waals surface area contributed by atoms with E-state index in [0.29, 0.717) is 33.1 Å². The summed E-state index contributed by atoms with van der Waals surface area (Å²) in [7, 11) is 1.39. The summed E-state index contributed by atoms with van der Waals surface area (Å²) in [6.45, 7) is 8.10. The monoisotopic (exact) mass is 759 g/mol. The number of methoxy groups -OCH3 is 1. The van der Waals surface area contributed by atoms with E-state index < -0.39 is 43.9 Å². The number of carbonyl (C=O) groups excluding carboxylic acids is 2. The number of aliphatic carboxylic acids is 1. The van der Waals surface area contributed by atoms with Gasteiger partial charge in [0.15, 0.2) is 23.1 Å². The van der Waals surface area contributed by atoms with Gasteiger partial charge in [0, 0.05) is 53.9 Å². The third kappa shape index (κ3) is 6.60. The Morgan fingerprint density at radius 3 is 2.00 bits per heavy atom. The first-order valence-electron chi connectivity index (χ1n) is 14.9. The summed E-state index contributed by atoms with van der Waals surface area (Å²) in [4.78, 5) is 63.2. The molecule has 0 amide bonds. The van der Waals surface area contributed by atoms with Crippen LogP contribution in [0, 0.1) is 34.6 Å². The van der Waals surface area contributed by atoms with Crippen LogP contribution in [-0.4, -0.2) is 51.0 Å². The molecule has 14 heteroatoms. The average molecular weight is 760 g/mol. The molecule has 47 heavy (non-hydrogen) atoms. The number of allylic oxidation sites excluding steroid dienone is 4. The number of carboxylic acid groups (broad SMARTS) is 1. The van der Waals surface area contributed by atoms with E-state index in [1.807, 2.05) is 55.2 Å². The Bertz CT molecular complexity index is 1760. The smallest absolute Gasteiger partial charge is 0.318 e. The summed E-state index contributed by atoms with van der Waals surface area (Å²) < 4.78 is 12.1. The zero-order chi connectivity index (χ0) is 34.6. The number of ketones is 2. The molecule has 0 fully saturated rings. The first-order chi connectivity index (χ1) is 21.9. The quantitative estimate of drug-likeness (QED) is 0.157. The second-order valence-electron chi connectivity index (χ2n) is 13.6. The molecule has 0 spiro atoms. The van der Waals surface area contributed by atoms with E-state index in [-0.39, 0.29) is 54.6 Å². The number of carbonyl (C=O) groups is 3. The van der Waals surface area contributed by atoms with Crippen LogP contribution in [0.1, 0.15) is 71.3 Å². The number of Topliss-reactive ketones (excluding diaryl/α,β-unsaturated/α-hetero) is 2. The van der Waals surface area contributed by atoms with E-state index in [1.165, 1.54) is 7.11 Å². The number of ether oxygens (including phenoxy) is 2. The van der Waals surface area contributed by atoms with Crippen LogP contribution in [0.2, 0.25) is 0 Å². The molecule has 0 bridgehead atoms. The number of nitro benzene ring substituents is 2. The van der Waals surface area contributed by atoms with Crippen molar-refractivity contribution in [3.05, 3.63) is 82.2 Å². The van der Waals surface area contributed by atoms with Crippen LogP contribution >= 0.6 is 22.6 Å². The number of rotatable bonds is 9. The second-order valence-corrected chi connectivity index (χ2v) is 14.8. The summed E-state index contributed by atoms with van der Waals surface area (Å²) in [5.41, 5.74) is 1.08. The Hall–Kier alpha value is -4.34. The molecular formula is C33H34IN3O10.